The highest BCUT2D eigenvalue weighted by Gasteiger charge is 2.25. The first-order valence-corrected chi connectivity index (χ1v) is 9.48. The van der Waals surface area contributed by atoms with E-state index >= 15 is 0 Å². The standard InChI is InChI=1S/C20H21BrFNO3/c1-3-25-18-9-13-7-8-23(12-14(13)10-19(18)26-4-2)20(24)16-6-5-15(22)11-17(16)21/h5-6,9-11H,3-4,7-8,12H2,1-2H3. The molecule has 3 rings (SSSR count). The number of benzene rings is 2. The monoisotopic (exact) mass is 421 g/mol. The zero-order chi connectivity index (χ0) is 18.7. The second-order valence-electron chi connectivity index (χ2n) is 6.03. The zero-order valence-corrected chi connectivity index (χ0v) is 16.4. The molecule has 0 unspecified atom stereocenters. The maximum atomic E-state index is 13.3. The largest absolute Gasteiger partial charge is 0.490 e. The summed E-state index contributed by atoms with van der Waals surface area (Å²) in [5, 5.41) is 0. The number of hydrogen-bond donors (Lipinski definition) is 0. The number of halogens is 2. The molecule has 4 nitrogen and oxygen atoms in total. The van der Waals surface area contributed by atoms with Gasteiger partial charge in [0.2, 0.25) is 0 Å². The molecule has 2 aromatic carbocycles. The van der Waals surface area contributed by atoms with E-state index in [-0.39, 0.29) is 11.7 Å². The van der Waals surface area contributed by atoms with E-state index in [1.807, 2.05) is 26.0 Å². The van der Waals surface area contributed by atoms with E-state index in [1.165, 1.54) is 23.8 Å². The van der Waals surface area contributed by atoms with E-state index in [0.717, 1.165) is 17.7 Å². The Morgan fingerprint density at radius 3 is 2.38 bits per heavy atom. The van der Waals surface area contributed by atoms with Gasteiger partial charge < -0.3 is 14.4 Å². The number of rotatable bonds is 5. The van der Waals surface area contributed by atoms with Crippen LogP contribution in [0.3, 0.4) is 0 Å². The third-order valence-corrected chi connectivity index (χ3v) is 4.98. The van der Waals surface area contributed by atoms with E-state index in [1.54, 1.807) is 4.90 Å². The molecule has 0 aromatic heterocycles. The zero-order valence-electron chi connectivity index (χ0n) is 14.9. The molecule has 0 spiro atoms. The SMILES string of the molecule is CCOc1cc2c(cc1OCC)CN(C(=O)c1ccc(F)cc1Br)CC2. The summed E-state index contributed by atoms with van der Waals surface area (Å²) in [5.74, 6) is 0.955. The van der Waals surface area contributed by atoms with Gasteiger partial charge in [-0.05, 0) is 77.7 Å². The fourth-order valence-corrected chi connectivity index (χ4v) is 3.63. The first kappa shape index (κ1) is 18.7. The van der Waals surface area contributed by atoms with Crippen LogP contribution in [0, 0.1) is 5.82 Å². The van der Waals surface area contributed by atoms with Crippen LogP contribution in [-0.2, 0) is 13.0 Å². The molecule has 0 saturated heterocycles. The second kappa shape index (κ2) is 8.08. The minimum absolute atomic E-state index is 0.116. The van der Waals surface area contributed by atoms with Crippen LogP contribution in [0.2, 0.25) is 0 Å². The van der Waals surface area contributed by atoms with Crippen molar-refractivity contribution in [3.8, 4) is 11.5 Å². The molecule has 6 heteroatoms. The molecule has 0 atom stereocenters. The molecule has 138 valence electrons. The lowest BCUT2D eigenvalue weighted by molar-refractivity contribution is 0.0733. The van der Waals surface area contributed by atoms with Gasteiger partial charge in [0.25, 0.3) is 5.91 Å². The normalized spacial score (nSPS) is 13.3. The van der Waals surface area contributed by atoms with Gasteiger partial charge in [-0.1, -0.05) is 0 Å². The summed E-state index contributed by atoms with van der Waals surface area (Å²) in [6.45, 7) is 6.08. The highest BCUT2D eigenvalue weighted by atomic mass is 79.9. The molecular weight excluding hydrogens is 401 g/mol. The third kappa shape index (κ3) is 3.85. The number of amides is 1. The molecule has 0 saturated carbocycles. The van der Waals surface area contributed by atoms with Crippen LogP contribution in [0.1, 0.15) is 35.3 Å². The van der Waals surface area contributed by atoms with Gasteiger partial charge in [0.1, 0.15) is 5.82 Å². The average Bonchev–Trinajstić information content (AvgIpc) is 2.62. The van der Waals surface area contributed by atoms with Gasteiger partial charge in [-0.15, -0.1) is 0 Å². The van der Waals surface area contributed by atoms with Gasteiger partial charge in [0, 0.05) is 17.6 Å². The average molecular weight is 422 g/mol. The topological polar surface area (TPSA) is 38.8 Å². The Kier molecular flexibility index (Phi) is 5.81. The number of hydrogen-bond acceptors (Lipinski definition) is 3. The summed E-state index contributed by atoms with van der Waals surface area (Å²) in [7, 11) is 0. The quantitative estimate of drug-likeness (QED) is 0.708. The highest BCUT2D eigenvalue weighted by molar-refractivity contribution is 9.10. The number of carbonyl (C=O) groups excluding carboxylic acids is 1. The Bertz CT molecular complexity index is 825. The fraction of sp³-hybridized carbons (Fsp3) is 0.350. The Hall–Kier alpha value is -2.08. The number of carbonyl (C=O) groups is 1. The maximum absolute atomic E-state index is 13.3. The highest BCUT2D eigenvalue weighted by Crippen LogP contribution is 2.34. The summed E-state index contributed by atoms with van der Waals surface area (Å²) in [6, 6.07) is 8.10. The molecule has 0 bridgehead atoms. The molecule has 1 aliphatic heterocycles. The first-order valence-electron chi connectivity index (χ1n) is 8.69. The van der Waals surface area contributed by atoms with Crippen molar-refractivity contribution in [3.05, 3.63) is 57.3 Å². The van der Waals surface area contributed by atoms with E-state index in [9.17, 15) is 9.18 Å². The second-order valence-corrected chi connectivity index (χ2v) is 6.89. The Balaban J connectivity index is 1.86. The van der Waals surface area contributed by atoms with Crippen molar-refractivity contribution in [1.29, 1.82) is 0 Å². The van der Waals surface area contributed by atoms with Crippen molar-refractivity contribution < 1.29 is 18.7 Å². The van der Waals surface area contributed by atoms with Crippen molar-refractivity contribution in [2.75, 3.05) is 19.8 Å². The summed E-state index contributed by atoms with van der Waals surface area (Å²) in [4.78, 5) is 14.6. The van der Waals surface area contributed by atoms with Crippen LogP contribution in [0.15, 0.2) is 34.8 Å². The van der Waals surface area contributed by atoms with Gasteiger partial charge >= 0.3 is 0 Å². The van der Waals surface area contributed by atoms with Gasteiger partial charge in [0.15, 0.2) is 11.5 Å². The molecule has 0 N–H and O–H groups in total. The number of ether oxygens (including phenoxy) is 2. The van der Waals surface area contributed by atoms with Crippen LogP contribution in [0.5, 0.6) is 11.5 Å². The molecule has 1 amide bonds. The van der Waals surface area contributed by atoms with Crippen molar-refractivity contribution in [2.45, 2.75) is 26.8 Å². The summed E-state index contributed by atoms with van der Waals surface area (Å²) < 4.78 is 25.1. The van der Waals surface area contributed by atoms with Crippen molar-refractivity contribution >= 4 is 21.8 Å². The first-order chi connectivity index (χ1) is 12.5. The predicted molar refractivity (Wildman–Crippen MR) is 101 cm³/mol. The minimum Gasteiger partial charge on any atom is -0.490 e. The fourth-order valence-electron chi connectivity index (χ4n) is 3.11. The lowest BCUT2D eigenvalue weighted by Crippen LogP contribution is -2.36. The van der Waals surface area contributed by atoms with E-state index < -0.39 is 0 Å². The van der Waals surface area contributed by atoms with Gasteiger partial charge in [-0.2, -0.15) is 0 Å². The van der Waals surface area contributed by atoms with Gasteiger partial charge in [0.05, 0.1) is 18.8 Å². The summed E-state index contributed by atoms with van der Waals surface area (Å²) in [5.41, 5.74) is 2.68. The van der Waals surface area contributed by atoms with Crippen molar-refractivity contribution in [2.24, 2.45) is 0 Å². The van der Waals surface area contributed by atoms with E-state index in [2.05, 4.69) is 15.9 Å². The minimum atomic E-state index is -0.373. The molecule has 26 heavy (non-hydrogen) atoms. The van der Waals surface area contributed by atoms with Crippen molar-refractivity contribution in [3.63, 3.8) is 0 Å². The van der Waals surface area contributed by atoms with Crippen LogP contribution in [0.25, 0.3) is 0 Å². The number of fused-ring (bicyclic) bond motifs is 1. The predicted octanol–water partition coefficient (Wildman–Crippen LogP) is 4.58. The van der Waals surface area contributed by atoms with Gasteiger partial charge in [-0.25, -0.2) is 4.39 Å². The van der Waals surface area contributed by atoms with E-state index in [4.69, 9.17) is 9.47 Å². The Labute approximate surface area is 161 Å². The Morgan fingerprint density at radius 2 is 1.77 bits per heavy atom. The Morgan fingerprint density at radius 1 is 1.12 bits per heavy atom. The van der Waals surface area contributed by atoms with Gasteiger partial charge in [-0.3, -0.25) is 4.79 Å². The molecule has 1 heterocycles. The van der Waals surface area contributed by atoms with E-state index in [0.29, 0.717) is 42.1 Å². The molecule has 2 aromatic rings. The molecule has 0 radical (unpaired) electrons. The lowest BCUT2D eigenvalue weighted by Gasteiger charge is -2.30. The van der Waals surface area contributed by atoms with Crippen LogP contribution < -0.4 is 9.47 Å². The summed E-state index contributed by atoms with van der Waals surface area (Å²) >= 11 is 3.28. The third-order valence-electron chi connectivity index (χ3n) is 4.33. The molecule has 1 aliphatic rings. The van der Waals surface area contributed by atoms with Crippen molar-refractivity contribution in [1.82, 2.24) is 4.90 Å². The summed E-state index contributed by atoms with van der Waals surface area (Å²) in [6.07, 6.45) is 0.742. The molecule has 0 fully saturated rings. The molecule has 0 aliphatic carbocycles. The number of nitrogens with zero attached hydrogens (tertiary/aromatic N) is 1. The van der Waals surface area contributed by atoms with Crippen LogP contribution in [-0.4, -0.2) is 30.6 Å². The maximum Gasteiger partial charge on any atom is 0.255 e. The smallest absolute Gasteiger partial charge is 0.255 e. The van der Waals surface area contributed by atoms with Crippen LogP contribution in [0.4, 0.5) is 4.39 Å². The lowest BCUT2D eigenvalue weighted by atomic mass is 9.98. The molecular formula is C20H21BrFNO3. The van der Waals surface area contributed by atoms with Crippen LogP contribution >= 0.6 is 15.9 Å².